The van der Waals surface area contributed by atoms with Crippen LogP contribution in [0.1, 0.15) is 25.5 Å². The predicted molar refractivity (Wildman–Crippen MR) is 96.2 cm³/mol. The Bertz CT molecular complexity index is 840. The minimum absolute atomic E-state index is 0.109. The van der Waals surface area contributed by atoms with Crippen molar-refractivity contribution in [2.24, 2.45) is 0 Å². The SMILES string of the molecule is C[C@H](C(=O)N[C@H](C)c1ccccc1)N(c1cccc(F)c1)S(C)(=O)=O. The van der Waals surface area contributed by atoms with Crippen molar-refractivity contribution in [2.75, 3.05) is 10.6 Å². The Morgan fingerprint density at radius 1 is 1.08 bits per heavy atom. The van der Waals surface area contributed by atoms with Gasteiger partial charge in [-0.15, -0.1) is 0 Å². The van der Waals surface area contributed by atoms with Crippen LogP contribution in [0.15, 0.2) is 54.6 Å². The van der Waals surface area contributed by atoms with Crippen molar-refractivity contribution in [3.63, 3.8) is 0 Å². The lowest BCUT2D eigenvalue weighted by Gasteiger charge is -2.29. The number of hydrogen-bond acceptors (Lipinski definition) is 3. The lowest BCUT2D eigenvalue weighted by molar-refractivity contribution is -0.122. The van der Waals surface area contributed by atoms with Gasteiger partial charge in [0.1, 0.15) is 11.9 Å². The van der Waals surface area contributed by atoms with Gasteiger partial charge in [0.2, 0.25) is 15.9 Å². The highest BCUT2D eigenvalue weighted by molar-refractivity contribution is 7.92. The fraction of sp³-hybridized carbons (Fsp3) is 0.278. The van der Waals surface area contributed by atoms with Gasteiger partial charge < -0.3 is 5.32 Å². The Labute approximate surface area is 147 Å². The first-order chi connectivity index (χ1) is 11.7. The summed E-state index contributed by atoms with van der Waals surface area (Å²) in [5.41, 5.74) is 1.01. The molecule has 1 N–H and O–H groups in total. The second-order valence-electron chi connectivity index (χ2n) is 5.86. The van der Waals surface area contributed by atoms with Crippen LogP contribution in [0.4, 0.5) is 10.1 Å². The van der Waals surface area contributed by atoms with E-state index < -0.39 is 27.8 Å². The van der Waals surface area contributed by atoms with E-state index in [9.17, 15) is 17.6 Å². The Morgan fingerprint density at radius 2 is 1.72 bits per heavy atom. The van der Waals surface area contributed by atoms with E-state index in [0.717, 1.165) is 22.2 Å². The maximum atomic E-state index is 13.5. The summed E-state index contributed by atoms with van der Waals surface area (Å²) in [5, 5.41) is 2.79. The third-order valence-electron chi connectivity index (χ3n) is 3.81. The van der Waals surface area contributed by atoms with Gasteiger partial charge in [0.15, 0.2) is 0 Å². The summed E-state index contributed by atoms with van der Waals surface area (Å²) < 4.78 is 38.7. The van der Waals surface area contributed by atoms with Gasteiger partial charge in [0, 0.05) is 0 Å². The molecule has 0 saturated heterocycles. The number of nitrogens with zero attached hydrogens (tertiary/aromatic N) is 1. The Balaban J connectivity index is 2.24. The first kappa shape index (κ1) is 18.9. The molecule has 0 aliphatic carbocycles. The molecule has 2 aromatic rings. The van der Waals surface area contributed by atoms with Crippen molar-refractivity contribution in [3.05, 3.63) is 66.0 Å². The van der Waals surface area contributed by atoms with Crippen molar-refractivity contribution >= 4 is 21.6 Å². The Morgan fingerprint density at radius 3 is 2.28 bits per heavy atom. The van der Waals surface area contributed by atoms with Crippen LogP contribution in [0.3, 0.4) is 0 Å². The number of anilines is 1. The molecular weight excluding hydrogens is 343 g/mol. The fourth-order valence-electron chi connectivity index (χ4n) is 2.58. The second-order valence-corrected chi connectivity index (χ2v) is 7.72. The van der Waals surface area contributed by atoms with Gasteiger partial charge in [-0.25, -0.2) is 12.8 Å². The summed E-state index contributed by atoms with van der Waals surface area (Å²) in [5.74, 6) is -1.04. The van der Waals surface area contributed by atoms with Crippen LogP contribution in [-0.2, 0) is 14.8 Å². The number of rotatable bonds is 6. The zero-order chi connectivity index (χ0) is 18.6. The highest BCUT2D eigenvalue weighted by Crippen LogP contribution is 2.22. The third-order valence-corrected chi connectivity index (χ3v) is 5.05. The molecule has 0 saturated carbocycles. The van der Waals surface area contributed by atoms with E-state index in [0.29, 0.717) is 0 Å². The highest BCUT2D eigenvalue weighted by Gasteiger charge is 2.30. The quantitative estimate of drug-likeness (QED) is 0.857. The van der Waals surface area contributed by atoms with E-state index >= 15 is 0 Å². The zero-order valence-corrected chi connectivity index (χ0v) is 15.1. The maximum absolute atomic E-state index is 13.5. The van der Waals surface area contributed by atoms with Gasteiger partial charge in [-0.2, -0.15) is 0 Å². The van der Waals surface area contributed by atoms with Crippen LogP contribution in [0.5, 0.6) is 0 Å². The molecule has 0 unspecified atom stereocenters. The summed E-state index contributed by atoms with van der Waals surface area (Å²) in [7, 11) is -3.77. The van der Waals surface area contributed by atoms with Crippen LogP contribution in [0.2, 0.25) is 0 Å². The number of amides is 1. The van der Waals surface area contributed by atoms with Crippen molar-refractivity contribution in [1.82, 2.24) is 5.32 Å². The van der Waals surface area contributed by atoms with Gasteiger partial charge in [0.25, 0.3) is 0 Å². The van der Waals surface area contributed by atoms with Crippen LogP contribution >= 0.6 is 0 Å². The van der Waals surface area contributed by atoms with Crippen LogP contribution in [0.25, 0.3) is 0 Å². The number of benzene rings is 2. The molecule has 0 bridgehead atoms. The molecule has 0 aliphatic heterocycles. The van der Waals surface area contributed by atoms with Gasteiger partial charge in [0.05, 0.1) is 18.0 Å². The molecule has 0 fully saturated rings. The highest BCUT2D eigenvalue weighted by atomic mass is 32.2. The van der Waals surface area contributed by atoms with Gasteiger partial charge >= 0.3 is 0 Å². The largest absolute Gasteiger partial charge is 0.348 e. The monoisotopic (exact) mass is 364 g/mol. The summed E-state index contributed by atoms with van der Waals surface area (Å²) in [6, 6.07) is 13.2. The maximum Gasteiger partial charge on any atom is 0.244 e. The minimum atomic E-state index is -3.77. The average molecular weight is 364 g/mol. The lowest BCUT2D eigenvalue weighted by atomic mass is 10.1. The summed E-state index contributed by atoms with van der Waals surface area (Å²) in [6.45, 7) is 3.28. The Kier molecular flexibility index (Phi) is 5.79. The fourth-order valence-corrected chi connectivity index (χ4v) is 3.75. The molecule has 5 nitrogen and oxygen atoms in total. The second kappa shape index (κ2) is 7.65. The minimum Gasteiger partial charge on any atom is -0.348 e. The summed E-state index contributed by atoms with van der Waals surface area (Å²) in [4.78, 5) is 12.6. The topological polar surface area (TPSA) is 66.5 Å². The first-order valence-electron chi connectivity index (χ1n) is 7.80. The van der Waals surface area contributed by atoms with Gasteiger partial charge in [-0.3, -0.25) is 9.10 Å². The molecule has 7 heteroatoms. The van der Waals surface area contributed by atoms with Crippen molar-refractivity contribution < 1.29 is 17.6 Å². The molecule has 1 amide bonds. The van der Waals surface area contributed by atoms with Crippen molar-refractivity contribution in [2.45, 2.75) is 25.9 Å². The smallest absolute Gasteiger partial charge is 0.244 e. The molecule has 2 aromatic carbocycles. The normalized spacial score (nSPS) is 13.8. The zero-order valence-electron chi connectivity index (χ0n) is 14.3. The average Bonchev–Trinajstić information content (AvgIpc) is 2.54. The van der Waals surface area contributed by atoms with E-state index in [4.69, 9.17) is 0 Å². The van der Waals surface area contributed by atoms with E-state index in [-0.39, 0.29) is 11.7 Å². The van der Waals surface area contributed by atoms with Gasteiger partial charge in [-0.1, -0.05) is 36.4 Å². The number of nitrogens with one attached hydrogen (secondary N) is 1. The van der Waals surface area contributed by atoms with E-state index in [1.807, 2.05) is 37.3 Å². The van der Waals surface area contributed by atoms with Crippen LogP contribution in [-0.4, -0.2) is 26.6 Å². The first-order valence-corrected chi connectivity index (χ1v) is 9.65. The molecule has 2 rings (SSSR count). The van der Waals surface area contributed by atoms with Crippen LogP contribution < -0.4 is 9.62 Å². The number of sulfonamides is 1. The standard InChI is InChI=1S/C18H21FN2O3S/c1-13(15-8-5-4-6-9-15)20-18(22)14(2)21(25(3,23)24)17-11-7-10-16(19)12-17/h4-14H,1-3H3,(H,20,22)/t13-,14-/m1/s1. The molecule has 2 atom stereocenters. The lowest BCUT2D eigenvalue weighted by Crippen LogP contribution is -2.48. The molecular formula is C18H21FN2O3S. The number of halogens is 1. The molecule has 0 heterocycles. The number of carbonyl (C=O) groups excluding carboxylic acids is 1. The van der Waals surface area contributed by atoms with E-state index in [2.05, 4.69) is 5.32 Å². The molecule has 0 spiro atoms. The molecule has 0 radical (unpaired) electrons. The van der Waals surface area contributed by atoms with Crippen molar-refractivity contribution in [3.8, 4) is 0 Å². The molecule has 0 aliphatic rings. The summed E-state index contributed by atoms with van der Waals surface area (Å²) >= 11 is 0. The van der Waals surface area contributed by atoms with Crippen LogP contribution in [0, 0.1) is 5.82 Å². The number of carbonyl (C=O) groups is 1. The van der Waals surface area contributed by atoms with E-state index in [1.165, 1.54) is 25.1 Å². The molecule has 25 heavy (non-hydrogen) atoms. The van der Waals surface area contributed by atoms with Gasteiger partial charge in [-0.05, 0) is 37.6 Å². The third kappa shape index (κ3) is 4.79. The number of hydrogen-bond donors (Lipinski definition) is 1. The van der Waals surface area contributed by atoms with Crippen molar-refractivity contribution in [1.29, 1.82) is 0 Å². The molecule has 0 aromatic heterocycles. The van der Waals surface area contributed by atoms with E-state index in [1.54, 1.807) is 0 Å². The Hall–Kier alpha value is -2.41. The predicted octanol–water partition coefficient (Wildman–Crippen LogP) is 2.86. The summed E-state index contributed by atoms with van der Waals surface area (Å²) in [6.07, 6.45) is 0.988. The molecule has 134 valence electrons.